The fourth-order valence-corrected chi connectivity index (χ4v) is 6.35. The maximum atomic E-state index is 11.3. The lowest BCUT2D eigenvalue weighted by Gasteiger charge is -2.38. The monoisotopic (exact) mass is 533 g/mol. The summed E-state index contributed by atoms with van der Waals surface area (Å²) in [5, 5.41) is 13.2. The van der Waals surface area contributed by atoms with Gasteiger partial charge in [-0.1, -0.05) is 40.2 Å². The topological polar surface area (TPSA) is 68.3 Å². The molecule has 4 aromatic rings. The molecule has 172 valence electrons. The number of aromatic amines is 1. The molecule has 0 aliphatic carbocycles. The molecular formula is C26H24BrN5OS. The number of benzene rings is 2. The predicted octanol–water partition coefficient (Wildman–Crippen LogP) is 5.03. The standard InChI is InChI=1S/C26H24BrN5OS/c1-14(2)31-25(33)22-10-20-19-9-18(27)7-8-21(19)30-23(20)24(32(22)26(31)34)16-5-3-15(4-6-16)17-11-28-13-29-12-17/h3-9,11-14,22,24-25,30,33H,10H2,1-2H3. The lowest BCUT2D eigenvalue weighted by Crippen LogP contribution is -2.45. The van der Waals surface area contributed by atoms with Crippen LogP contribution in [-0.4, -0.2) is 53.3 Å². The van der Waals surface area contributed by atoms with Gasteiger partial charge in [-0.3, -0.25) is 0 Å². The van der Waals surface area contributed by atoms with Crippen LogP contribution in [0.4, 0.5) is 0 Å². The molecule has 1 saturated heterocycles. The van der Waals surface area contributed by atoms with Crippen molar-refractivity contribution in [3.63, 3.8) is 0 Å². The third kappa shape index (κ3) is 3.27. The van der Waals surface area contributed by atoms with Crippen molar-refractivity contribution in [1.82, 2.24) is 24.8 Å². The highest BCUT2D eigenvalue weighted by Crippen LogP contribution is 2.46. The van der Waals surface area contributed by atoms with Gasteiger partial charge in [0.05, 0.1) is 12.1 Å². The van der Waals surface area contributed by atoms with Gasteiger partial charge in [-0.25, -0.2) is 9.97 Å². The van der Waals surface area contributed by atoms with Gasteiger partial charge in [-0.05, 0) is 67.4 Å². The first-order valence-corrected chi connectivity index (χ1v) is 12.6. The van der Waals surface area contributed by atoms with Gasteiger partial charge in [0.15, 0.2) is 5.11 Å². The Morgan fingerprint density at radius 1 is 1.09 bits per heavy atom. The molecule has 1 fully saturated rings. The van der Waals surface area contributed by atoms with Crippen LogP contribution in [0.15, 0.2) is 65.7 Å². The molecule has 3 atom stereocenters. The van der Waals surface area contributed by atoms with Crippen LogP contribution in [0.25, 0.3) is 22.0 Å². The Kier molecular flexibility index (Phi) is 5.20. The van der Waals surface area contributed by atoms with Gasteiger partial charge in [0.1, 0.15) is 12.6 Å². The fourth-order valence-electron chi connectivity index (χ4n) is 5.42. The zero-order valence-corrected chi connectivity index (χ0v) is 21.2. The van der Waals surface area contributed by atoms with E-state index in [1.165, 1.54) is 17.3 Å². The third-order valence-corrected chi connectivity index (χ3v) is 7.89. The van der Waals surface area contributed by atoms with E-state index in [1.807, 2.05) is 17.3 Å². The van der Waals surface area contributed by atoms with E-state index in [9.17, 15) is 5.11 Å². The summed E-state index contributed by atoms with van der Waals surface area (Å²) in [6.45, 7) is 4.15. The number of thiocarbonyl (C=S) groups is 1. The Morgan fingerprint density at radius 2 is 1.82 bits per heavy atom. The smallest absolute Gasteiger partial charge is 0.175 e. The Labute approximate surface area is 211 Å². The quantitative estimate of drug-likeness (QED) is 0.360. The number of nitrogens with zero attached hydrogens (tertiary/aromatic N) is 4. The van der Waals surface area contributed by atoms with E-state index < -0.39 is 6.23 Å². The summed E-state index contributed by atoms with van der Waals surface area (Å²) in [5.41, 5.74) is 6.64. The molecule has 2 aliphatic rings. The normalized spacial score (nSPS) is 21.9. The molecule has 2 N–H and O–H groups in total. The van der Waals surface area contributed by atoms with Crippen LogP contribution in [0, 0.1) is 0 Å². The summed E-state index contributed by atoms with van der Waals surface area (Å²) in [5.74, 6) is 0. The average molecular weight is 534 g/mol. The Hall–Kier alpha value is -2.81. The van der Waals surface area contributed by atoms with Gasteiger partial charge in [0.2, 0.25) is 0 Å². The molecule has 3 unspecified atom stereocenters. The summed E-state index contributed by atoms with van der Waals surface area (Å²) in [7, 11) is 0. The number of hydrogen-bond acceptors (Lipinski definition) is 4. The molecule has 2 aliphatic heterocycles. The van der Waals surface area contributed by atoms with Gasteiger partial charge in [0, 0.05) is 45.1 Å². The van der Waals surface area contributed by atoms with Crippen LogP contribution in [-0.2, 0) is 6.42 Å². The van der Waals surface area contributed by atoms with Crippen molar-refractivity contribution in [1.29, 1.82) is 0 Å². The highest BCUT2D eigenvalue weighted by atomic mass is 79.9. The van der Waals surface area contributed by atoms with Crippen LogP contribution in [0.2, 0.25) is 0 Å². The SMILES string of the molecule is CC(C)N1C(=S)N2C(c3ccc(-c4cncnc4)cc3)c3[nH]c4ccc(Br)cc4c3CC2C1O. The highest BCUT2D eigenvalue weighted by molar-refractivity contribution is 9.10. The average Bonchev–Trinajstić information content (AvgIpc) is 3.32. The number of aliphatic hydroxyl groups is 1. The summed E-state index contributed by atoms with van der Waals surface area (Å²) < 4.78 is 1.04. The second kappa shape index (κ2) is 8.15. The number of aromatic nitrogens is 3. The van der Waals surface area contributed by atoms with Gasteiger partial charge in [0.25, 0.3) is 0 Å². The first-order chi connectivity index (χ1) is 16.4. The molecule has 0 saturated carbocycles. The van der Waals surface area contributed by atoms with E-state index in [2.05, 4.69) is 92.1 Å². The molecule has 2 aromatic heterocycles. The Bertz CT molecular complexity index is 1390. The van der Waals surface area contributed by atoms with Crippen LogP contribution in [0.3, 0.4) is 0 Å². The number of fused-ring (bicyclic) bond motifs is 4. The van der Waals surface area contributed by atoms with Crippen LogP contribution < -0.4 is 0 Å². The Balaban J connectivity index is 1.51. The van der Waals surface area contributed by atoms with Gasteiger partial charge >= 0.3 is 0 Å². The van der Waals surface area contributed by atoms with E-state index >= 15 is 0 Å². The maximum Gasteiger partial charge on any atom is 0.175 e. The molecule has 8 heteroatoms. The number of rotatable bonds is 3. The number of nitrogens with one attached hydrogen (secondary N) is 1. The van der Waals surface area contributed by atoms with Crippen molar-refractivity contribution in [3.8, 4) is 11.1 Å². The summed E-state index contributed by atoms with van der Waals surface area (Å²) in [6, 6.07) is 14.7. The number of hydrogen-bond donors (Lipinski definition) is 2. The van der Waals surface area contributed by atoms with Crippen molar-refractivity contribution in [2.45, 2.75) is 44.6 Å². The Morgan fingerprint density at radius 3 is 2.53 bits per heavy atom. The van der Waals surface area contributed by atoms with Crippen LogP contribution in [0.1, 0.15) is 36.7 Å². The molecular weight excluding hydrogens is 510 g/mol. The van der Waals surface area contributed by atoms with Gasteiger partial charge in [-0.2, -0.15) is 0 Å². The molecule has 6 nitrogen and oxygen atoms in total. The van der Waals surface area contributed by atoms with E-state index in [0.29, 0.717) is 5.11 Å². The lowest BCUT2D eigenvalue weighted by molar-refractivity contribution is 0.0170. The highest BCUT2D eigenvalue weighted by Gasteiger charge is 2.50. The predicted molar refractivity (Wildman–Crippen MR) is 140 cm³/mol. The molecule has 0 spiro atoms. The molecule has 0 bridgehead atoms. The minimum atomic E-state index is -0.652. The second-order valence-electron chi connectivity index (χ2n) is 9.23. The van der Waals surface area contributed by atoms with Gasteiger partial charge < -0.3 is 19.9 Å². The van der Waals surface area contributed by atoms with Crippen molar-refractivity contribution in [2.75, 3.05) is 0 Å². The minimum Gasteiger partial charge on any atom is -0.371 e. The van der Waals surface area contributed by atoms with E-state index in [1.54, 1.807) is 0 Å². The van der Waals surface area contributed by atoms with Crippen molar-refractivity contribution >= 4 is 44.2 Å². The fraction of sp³-hybridized carbons (Fsp3) is 0.269. The summed E-state index contributed by atoms with van der Waals surface area (Å²) >= 11 is 9.58. The summed E-state index contributed by atoms with van der Waals surface area (Å²) in [6.07, 6.45) is 5.25. The first-order valence-electron chi connectivity index (χ1n) is 11.4. The van der Waals surface area contributed by atoms with Crippen LogP contribution >= 0.6 is 28.1 Å². The maximum absolute atomic E-state index is 11.3. The van der Waals surface area contributed by atoms with Crippen molar-refractivity contribution in [2.24, 2.45) is 0 Å². The van der Waals surface area contributed by atoms with Crippen LogP contribution in [0.5, 0.6) is 0 Å². The third-order valence-electron chi connectivity index (χ3n) is 6.97. The zero-order valence-electron chi connectivity index (χ0n) is 18.8. The second-order valence-corrected chi connectivity index (χ2v) is 10.5. The molecule has 0 amide bonds. The lowest BCUT2D eigenvalue weighted by atomic mass is 9.88. The van der Waals surface area contributed by atoms with E-state index in [0.717, 1.165) is 38.8 Å². The molecule has 34 heavy (non-hydrogen) atoms. The minimum absolute atomic E-state index is 0.110. The van der Waals surface area contributed by atoms with E-state index in [4.69, 9.17) is 12.2 Å². The molecule has 2 aromatic carbocycles. The number of halogens is 1. The zero-order chi connectivity index (χ0) is 23.6. The largest absolute Gasteiger partial charge is 0.371 e. The van der Waals surface area contributed by atoms with Crippen molar-refractivity contribution in [3.05, 3.63) is 82.5 Å². The number of aliphatic hydroxyl groups excluding tert-OH is 1. The molecule has 0 radical (unpaired) electrons. The number of H-pyrrole nitrogens is 1. The van der Waals surface area contributed by atoms with Crippen molar-refractivity contribution < 1.29 is 5.11 Å². The van der Waals surface area contributed by atoms with E-state index in [-0.39, 0.29) is 18.1 Å². The molecule has 6 rings (SSSR count). The molecule has 4 heterocycles. The van der Waals surface area contributed by atoms with Gasteiger partial charge in [-0.15, -0.1) is 0 Å². The summed E-state index contributed by atoms with van der Waals surface area (Å²) in [4.78, 5) is 16.2. The first kappa shape index (κ1) is 21.7.